The molecule has 0 radical (unpaired) electrons. The zero-order valence-corrected chi connectivity index (χ0v) is 14.5. The third-order valence-corrected chi connectivity index (χ3v) is 4.83. The second kappa shape index (κ2) is 7.00. The third kappa shape index (κ3) is 3.26. The van der Waals surface area contributed by atoms with Gasteiger partial charge in [-0.3, -0.25) is 9.59 Å². The maximum absolute atomic E-state index is 12.8. The van der Waals surface area contributed by atoms with Gasteiger partial charge >= 0.3 is 0 Å². The molecule has 2 amide bonds. The van der Waals surface area contributed by atoms with E-state index in [-0.39, 0.29) is 17.9 Å². The summed E-state index contributed by atoms with van der Waals surface area (Å²) in [6.45, 7) is 3.07. The van der Waals surface area contributed by atoms with Crippen LogP contribution < -0.4 is 4.74 Å². The number of carbonyl (C=O) groups excluding carboxylic acids is 2. The van der Waals surface area contributed by atoms with E-state index in [1.807, 2.05) is 24.3 Å². The summed E-state index contributed by atoms with van der Waals surface area (Å²) in [5, 5.41) is 1.75. The highest BCUT2D eigenvalue weighted by Crippen LogP contribution is 2.28. The van der Waals surface area contributed by atoms with Crippen molar-refractivity contribution in [1.82, 2.24) is 14.8 Å². The summed E-state index contributed by atoms with van der Waals surface area (Å²) in [6.07, 6.45) is 0. The van der Waals surface area contributed by atoms with Crippen LogP contribution in [0.25, 0.3) is 0 Å². The molecule has 24 heavy (non-hydrogen) atoms. The molecular weight excluding hydrogens is 326 g/mol. The SMILES string of the molecule is COc1ccc([C@H]2CN(C(C)=O)CCN2C(=O)c2cscn2)cc1. The molecule has 6 nitrogen and oxygen atoms in total. The van der Waals surface area contributed by atoms with Crippen LogP contribution in [0.1, 0.15) is 29.0 Å². The zero-order valence-electron chi connectivity index (χ0n) is 13.6. The number of methoxy groups -OCH3 is 1. The van der Waals surface area contributed by atoms with Crippen molar-refractivity contribution in [3.63, 3.8) is 0 Å². The monoisotopic (exact) mass is 345 g/mol. The highest BCUT2D eigenvalue weighted by atomic mass is 32.1. The molecule has 0 bridgehead atoms. The number of hydrogen-bond acceptors (Lipinski definition) is 5. The highest BCUT2D eigenvalue weighted by Gasteiger charge is 2.33. The number of carbonyl (C=O) groups is 2. The van der Waals surface area contributed by atoms with Crippen LogP contribution in [-0.2, 0) is 4.79 Å². The normalized spacial score (nSPS) is 17.7. The summed E-state index contributed by atoms with van der Waals surface area (Å²) in [6, 6.07) is 7.42. The van der Waals surface area contributed by atoms with Gasteiger partial charge in [0, 0.05) is 31.9 Å². The summed E-state index contributed by atoms with van der Waals surface area (Å²) in [4.78, 5) is 32.3. The topological polar surface area (TPSA) is 62.7 Å². The molecule has 0 aliphatic carbocycles. The Balaban J connectivity index is 1.90. The summed E-state index contributed by atoms with van der Waals surface area (Å²) in [5.41, 5.74) is 3.08. The lowest BCUT2D eigenvalue weighted by molar-refractivity contribution is -0.131. The smallest absolute Gasteiger partial charge is 0.273 e. The van der Waals surface area contributed by atoms with E-state index >= 15 is 0 Å². The lowest BCUT2D eigenvalue weighted by Gasteiger charge is -2.41. The molecule has 2 heterocycles. The van der Waals surface area contributed by atoms with E-state index in [2.05, 4.69) is 4.98 Å². The fourth-order valence-electron chi connectivity index (χ4n) is 2.89. The largest absolute Gasteiger partial charge is 0.497 e. The number of hydrogen-bond donors (Lipinski definition) is 0. The van der Waals surface area contributed by atoms with E-state index in [1.54, 1.807) is 34.7 Å². The van der Waals surface area contributed by atoms with Gasteiger partial charge in [0.2, 0.25) is 5.91 Å². The molecule has 2 aromatic rings. The van der Waals surface area contributed by atoms with E-state index in [4.69, 9.17) is 4.74 Å². The number of nitrogens with zero attached hydrogens (tertiary/aromatic N) is 3. The zero-order chi connectivity index (χ0) is 17.1. The van der Waals surface area contributed by atoms with Crippen molar-refractivity contribution in [2.24, 2.45) is 0 Å². The Morgan fingerprint density at radius 3 is 2.58 bits per heavy atom. The fourth-order valence-corrected chi connectivity index (χ4v) is 3.41. The highest BCUT2D eigenvalue weighted by molar-refractivity contribution is 7.07. The van der Waals surface area contributed by atoms with Crippen molar-refractivity contribution in [2.45, 2.75) is 13.0 Å². The van der Waals surface area contributed by atoms with E-state index in [9.17, 15) is 9.59 Å². The maximum atomic E-state index is 12.8. The summed E-state index contributed by atoms with van der Waals surface area (Å²) in [7, 11) is 1.62. The lowest BCUT2D eigenvalue weighted by atomic mass is 10.0. The number of aromatic nitrogens is 1. The van der Waals surface area contributed by atoms with Crippen molar-refractivity contribution in [3.8, 4) is 5.75 Å². The number of amides is 2. The van der Waals surface area contributed by atoms with Crippen LogP contribution in [0.2, 0.25) is 0 Å². The Kier molecular flexibility index (Phi) is 4.80. The van der Waals surface area contributed by atoms with Gasteiger partial charge in [0.05, 0.1) is 18.7 Å². The van der Waals surface area contributed by atoms with Gasteiger partial charge in [-0.1, -0.05) is 12.1 Å². The van der Waals surface area contributed by atoms with Gasteiger partial charge in [-0.05, 0) is 17.7 Å². The van der Waals surface area contributed by atoms with Crippen molar-refractivity contribution in [3.05, 3.63) is 46.4 Å². The Bertz CT molecular complexity index is 715. The van der Waals surface area contributed by atoms with Gasteiger partial charge < -0.3 is 14.5 Å². The molecule has 0 spiro atoms. The van der Waals surface area contributed by atoms with E-state index < -0.39 is 0 Å². The Morgan fingerprint density at radius 2 is 2.00 bits per heavy atom. The molecule has 1 atom stereocenters. The maximum Gasteiger partial charge on any atom is 0.273 e. The predicted molar refractivity (Wildman–Crippen MR) is 91.1 cm³/mol. The number of piperazine rings is 1. The lowest BCUT2D eigenvalue weighted by Crippen LogP contribution is -2.51. The first-order chi connectivity index (χ1) is 11.6. The van der Waals surface area contributed by atoms with Gasteiger partial charge in [0.1, 0.15) is 11.4 Å². The van der Waals surface area contributed by atoms with Crippen LogP contribution in [0.5, 0.6) is 5.75 Å². The molecule has 1 aromatic heterocycles. The summed E-state index contributed by atoms with van der Waals surface area (Å²) >= 11 is 1.40. The molecule has 0 N–H and O–H groups in total. The van der Waals surface area contributed by atoms with Crippen LogP contribution in [0.4, 0.5) is 0 Å². The van der Waals surface area contributed by atoms with Crippen LogP contribution in [0.15, 0.2) is 35.2 Å². The minimum absolute atomic E-state index is 0.0225. The second-order valence-electron chi connectivity index (χ2n) is 5.63. The summed E-state index contributed by atoms with van der Waals surface area (Å²) in [5.74, 6) is 0.685. The molecule has 1 aliphatic heterocycles. The van der Waals surface area contributed by atoms with Gasteiger partial charge in [-0.25, -0.2) is 4.98 Å². The molecule has 1 aromatic carbocycles. The molecule has 0 unspecified atom stereocenters. The van der Waals surface area contributed by atoms with Gasteiger partial charge in [0.25, 0.3) is 5.91 Å². The Hall–Kier alpha value is -2.41. The molecule has 1 fully saturated rings. The molecular formula is C17H19N3O3S. The molecule has 3 rings (SSSR count). The number of rotatable bonds is 3. The molecule has 0 saturated carbocycles. The van der Waals surface area contributed by atoms with Gasteiger partial charge in [-0.2, -0.15) is 0 Å². The average molecular weight is 345 g/mol. The van der Waals surface area contributed by atoms with Crippen LogP contribution in [0, 0.1) is 0 Å². The fraction of sp³-hybridized carbons (Fsp3) is 0.353. The first-order valence-electron chi connectivity index (χ1n) is 7.68. The van der Waals surface area contributed by atoms with E-state index in [0.717, 1.165) is 11.3 Å². The predicted octanol–water partition coefficient (Wildman–Crippen LogP) is 2.20. The molecule has 1 aliphatic rings. The third-order valence-electron chi connectivity index (χ3n) is 4.24. The Morgan fingerprint density at radius 1 is 1.25 bits per heavy atom. The van der Waals surface area contributed by atoms with E-state index in [0.29, 0.717) is 25.3 Å². The molecule has 126 valence electrons. The van der Waals surface area contributed by atoms with Crippen molar-refractivity contribution in [2.75, 3.05) is 26.7 Å². The minimum Gasteiger partial charge on any atom is -0.497 e. The number of ether oxygens (including phenoxy) is 1. The van der Waals surface area contributed by atoms with Crippen molar-refractivity contribution < 1.29 is 14.3 Å². The first kappa shape index (κ1) is 16.4. The number of benzene rings is 1. The standard InChI is InChI=1S/C17H19N3O3S/c1-12(21)19-7-8-20(17(22)15-10-24-11-18-15)16(9-19)13-3-5-14(23-2)6-4-13/h3-6,10-11,16H,7-9H2,1-2H3/t16-/m1/s1. The quantitative estimate of drug-likeness (QED) is 0.855. The number of thiazole rings is 1. The molecule has 7 heteroatoms. The molecule has 1 saturated heterocycles. The van der Waals surface area contributed by atoms with Gasteiger partial charge in [0.15, 0.2) is 0 Å². The van der Waals surface area contributed by atoms with Gasteiger partial charge in [-0.15, -0.1) is 11.3 Å². The van der Waals surface area contributed by atoms with Crippen molar-refractivity contribution >= 4 is 23.2 Å². The van der Waals surface area contributed by atoms with E-state index in [1.165, 1.54) is 11.3 Å². The average Bonchev–Trinajstić information content (AvgIpc) is 3.15. The summed E-state index contributed by atoms with van der Waals surface area (Å²) < 4.78 is 5.20. The Labute approximate surface area is 144 Å². The minimum atomic E-state index is -0.192. The van der Waals surface area contributed by atoms with Crippen LogP contribution in [0.3, 0.4) is 0 Å². The second-order valence-corrected chi connectivity index (χ2v) is 6.34. The van der Waals surface area contributed by atoms with Crippen LogP contribution in [-0.4, -0.2) is 53.3 Å². The first-order valence-corrected chi connectivity index (χ1v) is 8.63. The van der Waals surface area contributed by atoms with Crippen LogP contribution >= 0.6 is 11.3 Å². The van der Waals surface area contributed by atoms with Crippen molar-refractivity contribution in [1.29, 1.82) is 0 Å².